The maximum atomic E-state index is 12.9. The van der Waals surface area contributed by atoms with Crippen LogP contribution in [0.1, 0.15) is 28.4 Å². The van der Waals surface area contributed by atoms with E-state index >= 15 is 0 Å². The van der Waals surface area contributed by atoms with Crippen molar-refractivity contribution in [2.24, 2.45) is 0 Å². The van der Waals surface area contributed by atoms with Crippen LogP contribution in [0.3, 0.4) is 0 Å². The van der Waals surface area contributed by atoms with Crippen molar-refractivity contribution in [3.8, 4) is 11.5 Å². The smallest absolute Gasteiger partial charge is 0.251 e. The first-order chi connectivity index (χ1) is 16.3. The largest absolute Gasteiger partial charge is 0.497 e. The van der Waals surface area contributed by atoms with Gasteiger partial charge in [-0.2, -0.15) is 4.31 Å². The summed E-state index contributed by atoms with van der Waals surface area (Å²) >= 11 is 0. The third-order valence-electron chi connectivity index (χ3n) is 5.33. The minimum absolute atomic E-state index is 0.0690. The summed E-state index contributed by atoms with van der Waals surface area (Å²) < 4.78 is 38.0. The molecule has 0 atom stereocenters. The van der Waals surface area contributed by atoms with Crippen molar-refractivity contribution in [1.29, 1.82) is 0 Å². The van der Waals surface area contributed by atoms with E-state index in [1.807, 2.05) is 31.2 Å². The molecule has 0 unspecified atom stereocenters. The van der Waals surface area contributed by atoms with Crippen molar-refractivity contribution < 1.29 is 22.7 Å². The summed E-state index contributed by atoms with van der Waals surface area (Å²) in [5, 5.41) is 2.92. The second kappa shape index (κ2) is 11.7. The van der Waals surface area contributed by atoms with Crippen molar-refractivity contribution in [1.82, 2.24) is 9.62 Å². The Kier molecular flexibility index (Phi) is 8.67. The van der Waals surface area contributed by atoms with Crippen LogP contribution in [0.4, 0.5) is 0 Å². The molecule has 0 spiro atoms. The van der Waals surface area contributed by atoms with E-state index in [0.29, 0.717) is 36.4 Å². The highest BCUT2D eigenvalue weighted by Crippen LogP contribution is 2.24. The molecule has 0 fully saturated rings. The number of hydrogen-bond acceptors (Lipinski definition) is 5. The predicted molar refractivity (Wildman–Crippen MR) is 132 cm³/mol. The van der Waals surface area contributed by atoms with Crippen LogP contribution in [0.2, 0.25) is 0 Å². The van der Waals surface area contributed by atoms with Crippen molar-refractivity contribution in [2.45, 2.75) is 24.8 Å². The number of nitrogens with one attached hydrogen (secondary N) is 1. The van der Waals surface area contributed by atoms with Gasteiger partial charge < -0.3 is 14.8 Å². The molecule has 3 aromatic rings. The van der Waals surface area contributed by atoms with Crippen LogP contribution in [-0.2, 0) is 23.0 Å². The van der Waals surface area contributed by atoms with Gasteiger partial charge in [0.1, 0.15) is 11.5 Å². The molecule has 0 heterocycles. The van der Waals surface area contributed by atoms with Crippen LogP contribution < -0.4 is 14.8 Å². The molecule has 7 nitrogen and oxygen atoms in total. The van der Waals surface area contributed by atoms with Gasteiger partial charge in [0.05, 0.1) is 18.6 Å². The van der Waals surface area contributed by atoms with Crippen molar-refractivity contribution in [3.63, 3.8) is 0 Å². The van der Waals surface area contributed by atoms with Gasteiger partial charge in [0.2, 0.25) is 10.0 Å². The maximum absolute atomic E-state index is 12.9. The van der Waals surface area contributed by atoms with Crippen LogP contribution in [-0.4, -0.2) is 45.9 Å². The number of ether oxygens (including phenoxy) is 2. The van der Waals surface area contributed by atoms with Gasteiger partial charge in [-0.05, 0) is 61.4 Å². The molecule has 8 heteroatoms. The molecule has 0 bridgehead atoms. The summed E-state index contributed by atoms with van der Waals surface area (Å²) in [6.07, 6.45) is 0.678. The molecule has 1 N–H and O–H groups in total. The Morgan fingerprint density at radius 3 is 2.35 bits per heavy atom. The van der Waals surface area contributed by atoms with Crippen LogP contribution in [0.5, 0.6) is 11.5 Å². The minimum atomic E-state index is -3.68. The standard InChI is InChI=1S/C26H30N2O5S/c1-4-33-25-15-12-21(26(29)27-17-16-20-10-13-23(32-3)14-11-20)18-22(25)19-28(2)34(30,31)24-8-6-5-7-9-24/h5-15,18H,4,16-17,19H2,1-3H3,(H,27,29). The molecule has 3 rings (SSSR count). The van der Waals surface area contributed by atoms with Crippen molar-refractivity contribution >= 4 is 15.9 Å². The lowest BCUT2D eigenvalue weighted by Crippen LogP contribution is -2.28. The molecule has 3 aromatic carbocycles. The van der Waals surface area contributed by atoms with E-state index in [2.05, 4.69) is 5.32 Å². The molecule has 34 heavy (non-hydrogen) atoms. The Balaban J connectivity index is 1.71. The molecule has 1 amide bonds. The molecule has 0 radical (unpaired) electrons. The van der Waals surface area contributed by atoms with Crippen LogP contribution >= 0.6 is 0 Å². The Hall–Kier alpha value is -3.36. The predicted octanol–water partition coefficient (Wildman–Crippen LogP) is 3.89. The molecular weight excluding hydrogens is 452 g/mol. The van der Waals surface area contributed by atoms with E-state index < -0.39 is 10.0 Å². The van der Waals surface area contributed by atoms with Crippen LogP contribution in [0, 0.1) is 0 Å². The van der Waals surface area contributed by atoms with Gasteiger partial charge in [-0.15, -0.1) is 0 Å². The highest BCUT2D eigenvalue weighted by Gasteiger charge is 2.22. The Bertz CT molecular complexity index is 1200. The summed E-state index contributed by atoms with van der Waals surface area (Å²) in [4.78, 5) is 13.0. The van der Waals surface area contributed by atoms with E-state index in [1.165, 1.54) is 11.4 Å². The van der Waals surface area contributed by atoms with E-state index in [1.54, 1.807) is 55.6 Å². The Labute approximate surface area is 201 Å². The monoisotopic (exact) mass is 482 g/mol. The number of hydrogen-bond donors (Lipinski definition) is 1. The third-order valence-corrected chi connectivity index (χ3v) is 7.14. The molecule has 0 aromatic heterocycles. The van der Waals surface area contributed by atoms with Gasteiger partial charge in [-0.1, -0.05) is 30.3 Å². The second-order valence-corrected chi connectivity index (χ2v) is 9.73. The summed E-state index contributed by atoms with van der Waals surface area (Å²) in [7, 11) is -0.550. The van der Waals surface area contributed by atoms with Gasteiger partial charge in [0, 0.05) is 31.3 Å². The highest BCUT2D eigenvalue weighted by molar-refractivity contribution is 7.89. The van der Waals surface area contributed by atoms with E-state index in [-0.39, 0.29) is 17.3 Å². The minimum Gasteiger partial charge on any atom is -0.497 e. The van der Waals surface area contributed by atoms with Gasteiger partial charge in [0.25, 0.3) is 5.91 Å². The topological polar surface area (TPSA) is 84.9 Å². The number of nitrogens with zero attached hydrogens (tertiary/aromatic N) is 1. The number of amides is 1. The molecular formula is C26H30N2O5S. The third kappa shape index (κ3) is 6.36. The van der Waals surface area contributed by atoms with Crippen LogP contribution in [0.25, 0.3) is 0 Å². The molecule has 0 aliphatic rings. The zero-order valence-electron chi connectivity index (χ0n) is 19.7. The van der Waals surface area contributed by atoms with Crippen molar-refractivity contribution in [2.75, 3.05) is 27.3 Å². The lowest BCUT2D eigenvalue weighted by Gasteiger charge is -2.20. The molecule has 0 aliphatic heterocycles. The van der Waals surface area contributed by atoms with E-state index in [9.17, 15) is 13.2 Å². The van der Waals surface area contributed by atoms with Crippen LogP contribution in [0.15, 0.2) is 77.7 Å². The highest BCUT2D eigenvalue weighted by atomic mass is 32.2. The second-order valence-electron chi connectivity index (χ2n) is 7.68. The lowest BCUT2D eigenvalue weighted by atomic mass is 10.1. The summed E-state index contributed by atoms with van der Waals surface area (Å²) in [6.45, 7) is 2.82. The molecule has 0 saturated carbocycles. The zero-order chi connectivity index (χ0) is 24.6. The average molecular weight is 483 g/mol. The summed E-state index contributed by atoms with van der Waals surface area (Å²) in [6, 6.07) is 21.0. The van der Waals surface area contributed by atoms with E-state index in [4.69, 9.17) is 9.47 Å². The normalized spacial score (nSPS) is 11.3. The first-order valence-electron chi connectivity index (χ1n) is 11.0. The fraction of sp³-hybridized carbons (Fsp3) is 0.269. The molecule has 0 saturated heterocycles. The van der Waals surface area contributed by atoms with Gasteiger partial charge >= 0.3 is 0 Å². The molecule has 180 valence electrons. The number of sulfonamides is 1. The SMILES string of the molecule is CCOc1ccc(C(=O)NCCc2ccc(OC)cc2)cc1CN(C)S(=O)(=O)c1ccccc1. The number of methoxy groups -OCH3 is 1. The Morgan fingerprint density at radius 2 is 1.71 bits per heavy atom. The quantitative estimate of drug-likeness (QED) is 0.448. The van der Waals surface area contributed by atoms with Gasteiger partial charge in [-0.3, -0.25) is 4.79 Å². The average Bonchev–Trinajstić information content (AvgIpc) is 2.86. The van der Waals surface area contributed by atoms with Gasteiger partial charge in [0.15, 0.2) is 0 Å². The van der Waals surface area contributed by atoms with Crippen molar-refractivity contribution in [3.05, 3.63) is 89.5 Å². The zero-order valence-corrected chi connectivity index (χ0v) is 20.5. The first-order valence-corrected chi connectivity index (χ1v) is 12.5. The molecule has 0 aliphatic carbocycles. The summed E-state index contributed by atoms with van der Waals surface area (Å²) in [5.74, 6) is 1.10. The number of rotatable bonds is 11. The number of benzene rings is 3. The van der Waals surface area contributed by atoms with Gasteiger partial charge in [-0.25, -0.2) is 8.42 Å². The Morgan fingerprint density at radius 1 is 1.00 bits per heavy atom. The van der Waals surface area contributed by atoms with E-state index in [0.717, 1.165) is 11.3 Å². The maximum Gasteiger partial charge on any atom is 0.251 e. The lowest BCUT2D eigenvalue weighted by molar-refractivity contribution is 0.0954. The number of carbonyl (C=O) groups is 1. The fourth-order valence-corrected chi connectivity index (χ4v) is 4.62. The summed E-state index contributed by atoms with van der Waals surface area (Å²) in [5.41, 5.74) is 2.14. The first kappa shape index (κ1) is 25.3. The number of carbonyl (C=O) groups excluding carboxylic acids is 1. The fourth-order valence-electron chi connectivity index (χ4n) is 3.45.